The van der Waals surface area contributed by atoms with Crippen LogP contribution >= 0.6 is 0 Å². The van der Waals surface area contributed by atoms with Crippen LogP contribution in [-0.4, -0.2) is 34.9 Å². The molecular weight excluding hydrogens is 639 g/mol. The largest absolute Gasteiger partial charge is 0.394 e. The highest BCUT2D eigenvalue weighted by atomic mass is 16.3. The van der Waals surface area contributed by atoms with Crippen LogP contribution in [0.25, 0.3) is 0 Å². The number of unbranched alkanes of at least 4 members (excludes halogenated alkanes) is 26. The molecule has 0 rings (SSSR count). The Kier molecular flexibility index (Phi) is 42.4. The zero-order valence-corrected chi connectivity index (χ0v) is 34.8. The Balaban J connectivity index is 3.53. The molecule has 3 N–H and O–H groups in total. The van der Waals surface area contributed by atoms with Crippen molar-refractivity contribution in [3.63, 3.8) is 0 Å². The molecule has 0 spiro atoms. The number of carbonyl (C=O) groups excluding carboxylic acids is 1. The molecule has 304 valence electrons. The minimum atomic E-state index is -0.671. The van der Waals surface area contributed by atoms with Crippen LogP contribution in [0.5, 0.6) is 0 Å². The van der Waals surface area contributed by atoms with E-state index in [0.29, 0.717) is 12.8 Å². The van der Waals surface area contributed by atoms with Crippen molar-refractivity contribution in [2.75, 3.05) is 6.61 Å². The second kappa shape index (κ2) is 43.8. The number of aliphatic hydroxyl groups excluding tert-OH is 2. The number of hydrogen-bond acceptors (Lipinski definition) is 3. The summed E-state index contributed by atoms with van der Waals surface area (Å²) < 4.78 is 0. The minimum Gasteiger partial charge on any atom is -0.394 e. The fourth-order valence-corrected chi connectivity index (χ4v) is 6.88. The number of rotatable bonds is 41. The third-order valence-electron chi connectivity index (χ3n) is 10.4. The van der Waals surface area contributed by atoms with Crippen molar-refractivity contribution in [2.45, 2.75) is 244 Å². The average Bonchev–Trinajstić information content (AvgIpc) is 3.15. The number of aliphatic hydroxyl groups is 2. The summed E-state index contributed by atoms with van der Waals surface area (Å²) in [6.45, 7) is 4.24. The van der Waals surface area contributed by atoms with Gasteiger partial charge in [0.1, 0.15) is 0 Å². The fourth-order valence-electron chi connectivity index (χ4n) is 6.88. The molecule has 0 aromatic rings. The molecule has 0 bridgehead atoms. The van der Waals surface area contributed by atoms with Crippen LogP contribution in [-0.2, 0) is 4.79 Å². The third-order valence-corrected chi connectivity index (χ3v) is 10.4. The van der Waals surface area contributed by atoms with Gasteiger partial charge in [0, 0.05) is 6.42 Å². The first-order chi connectivity index (χ1) is 25.7. The smallest absolute Gasteiger partial charge is 0.220 e. The molecule has 4 heteroatoms. The van der Waals surface area contributed by atoms with Crippen LogP contribution in [0.15, 0.2) is 48.6 Å². The van der Waals surface area contributed by atoms with E-state index >= 15 is 0 Å². The third kappa shape index (κ3) is 39.6. The first kappa shape index (κ1) is 50.4. The fraction of sp³-hybridized carbons (Fsp3) is 0.812. The van der Waals surface area contributed by atoms with Crippen molar-refractivity contribution < 1.29 is 15.0 Å². The maximum absolute atomic E-state index is 12.4. The molecule has 1 amide bonds. The van der Waals surface area contributed by atoms with Gasteiger partial charge in [-0.05, 0) is 51.4 Å². The highest BCUT2D eigenvalue weighted by Crippen LogP contribution is 2.16. The Labute approximate surface area is 324 Å². The Morgan fingerprint density at radius 1 is 0.481 bits per heavy atom. The Hall–Kier alpha value is -1.65. The predicted molar refractivity (Wildman–Crippen MR) is 230 cm³/mol. The summed E-state index contributed by atoms with van der Waals surface area (Å²) in [4.78, 5) is 12.4. The van der Waals surface area contributed by atoms with Crippen molar-refractivity contribution >= 4 is 5.91 Å². The lowest BCUT2D eigenvalue weighted by molar-refractivity contribution is -0.123. The van der Waals surface area contributed by atoms with Gasteiger partial charge in [-0.3, -0.25) is 4.79 Å². The van der Waals surface area contributed by atoms with E-state index in [4.69, 9.17) is 0 Å². The summed E-state index contributed by atoms with van der Waals surface area (Å²) in [6, 6.07) is -0.551. The van der Waals surface area contributed by atoms with Gasteiger partial charge in [-0.1, -0.05) is 223 Å². The Bertz CT molecular complexity index is 831. The molecule has 0 fully saturated rings. The van der Waals surface area contributed by atoms with Gasteiger partial charge >= 0.3 is 0 Å². The molecule has 0 heterocycles. The van der Waals surface area contributed by atoms with Crippen LogP contribution in [0.4, 0.5) is 0 Å². The number of nitrogens with one attached hydrogen (secondary N) is 1. The zero-order valence-electron chi connectivity index (χ0n) is 34.8. The molecule has 0 radical (unpaired) electrons. The van der Waals surface area contributed by atoms with E-state index in [-0.39, 0.29) is 12.5 Å². The van der Waals surface area contributed by atoms with Crippen LogP contribution < -0.4 is 5.32 Å². The summed E-state index contributed by atoms with van der Waals surface area (Å²) in [5.41, 5.74) is 0. The SMILES string of the molecule is CC/C=C\C/C=C\C/C=C\C/C=C\CCCCCCC(=O)NC(CO)C(O)CCCCCCCCCCCCCCCCCCCCCCCCC. The molecule has 0 aliphatic carbocycles. The first-order valence-electron chi connectivity index (χ1n) is 22.8. The highest BCUT2D eigenvalue weighted by molar-refractivity contribution is 5.76. The number of allylic oxidation sites excluding steroid dienone is 8. The van der Waals surface area contributed by atoms with E-state index in [0.717, 1.165) is 70.6 Å². The molecule has 4 nitrogen and oxygen atoms in total. The minimum absolute atomic E-state index is 0.0543. The van der Waals surface area contributed by atoms with Crippen LogP contribution in [0, 0.1) is 0 Å². The van der Waals surface area contributed by atoms with E-state index in [9.17, 15) is 15.0 Å². The summed E-state index contributed by atoms with van der Waals surface area (Å²) in [5, 5.41) is 23.2. The van der Waals surface area contributed by atoms with Crippen LogP contribution in [0.2, 0.25) is 0 Å². The van der Waals surface area contributed by atoms with Gasteiger partial charge in [-0.15, -0.1) is 0 Å². The molecule has 0 aliphatic heterocycles. The van der Waals surface area contributed by atoms with Gasteiger partial charge in [0.25, 0.3) is 0 Å². The predicted octanol–water partition coefficient (Wildman–Crippen LogP) is 14.4. The number of hydrogen-bond donors (Lipinski definition) is 3. The maximum atomic E-state index is 12.4. The lowest BCUT2D eigenvalue weighted by Crippen LogP contribution is -2.45. The first-order valence-corrected chi connectivity index (χ1v) is 22.8. The quantitative estimate of drug-likeness (QED) is 0.0434. The van der Waals surface area contributed by atoms with Crippen LogP contribution in [0.1, 0.15) is 232 Å². The summed E-state index contributed by atoms with van der Waals surface area (Å²) >= 11 is 0. The van der Waals surface area contributed by atoms with Gasteiger partial charge in [-0.2, -0.15) is 0 Å². The lowest BCUT2D eigenvalue weighted by Gasteiger charge is -2.22. The van der Waals surface area contributed by atoms with Crippen molar-refractivity contribution in [3.8, 4) is 0 Å². The average molecular weight is 728 g/mol. The monoisotopic (exact) mass is 728 g/mol. The molecule has 2 atom stereocenters. The van der Waals surface area contributed by atoms with Crippen molar-refractivity contribution in [3.05, 3.63) is 48.6 Å². The van der Waals surface area contributed by atoms with Gasteiger partial charge < -0.3 is 15.5 Å². The maximum Gasteiger partial charge on any atom is 0.220 e. The molecule has 0 saturated carbocycles. The van der Waals surface area contributed by atoms with Gasteiger partial charge in [0.05, 0.1) is 18.8 Å². The highest BCUT2D eigenvalue weighted by Gasteiger charge is 2.20. The van der Waals surface area contributed by atoms with E-state index in [1.165, 1.54) is 135 Å². The van der Waals surface area contributed by atoms with Gasteiger partial charge in [0.15, 0.2) is 0 Å². The van der Waals surface area contributed by atoms with Crippen molar-refractivity contribution in [2.24, 2.45) is 0 Å². The van der Waals surface area contributed by atoms with Gasteiger partial charge in [-0.25, -0.2) is 0 Å². The molecule has 0 aliphatic rings. The summed E-state index contributed by atoms with van der Waals surface area (Å²) in [7, 11) is 0. The second-order valence-corrected chi connectivity index (χ2v) is 15.4. The van der Waals surface area contributed by atoms with E-state index < -0.39 is 12.1 Å². The summed E-state index contributed by atoms with van der Waals surface area (Å²) in [6.07, 6.45) is 59.1. The van der Waals surface area contributed by atoms with Crippen molar-refractivity contribution in [1.29, 1.82) is 0 Å². The normalized spacial score (nSPS) is 13.4. The Morgan fingerprint density at radius 3 is 1.27 bits per heavy atom. The van der Waals surface area contributed by atoms with E-state index in [2.05, 4.69) is 67.8 Å². The molecule has 0 saturated heterocycles. The summed E-state index contributed by atoms with van der Waals surface area (Å²) in [5.74, 6) is -0.0543. The standard InChI is InChI=1S/C48H89NO3/c1-3-5-7-9-11-13-15-17-19-21-22-23-24-25-26-28-29-31-33-35-37-39-41-43-47(51)46(45-50)49-48(52)44-42-40-38-36-34-32-30-27-20-18-16-14-12-10-8-6-4-2/h6,8,12,14,18,20,30,32,46-47,50-51H,3-5,7,9-11,13,15-17,19,21-29,31,33-45H2,1-2H3,(H,49,52)/b8-6-,14-12-,20-18-,32-30-. The zero-order chi connectivity index (χ0) is 37.8. The lowest BCUT2D eigenvalue weighted by atomic mass is 10.0. The van der Waals surface area contributed by atoms with Crippen molar-refractivity contribution in [1.82, 2.24) is 5.32 Å². The number of amides is 1. The second-order valence-electron chi connectivity index (χ2n) is 15.4. The number of carbonyl (C=O) groups is 1. The van der Waals surface area contributed by atoms with Gasteiger partial charge in [0.2, 0.25) is 5.91 Å². The van der Waals surface area contributed by atoms with E-state index in [1.54, 1.807) is 0 Å². The Morgan fingerprint density at radius 2 is 0.846 bits per heavy atom. The molecule has 52 heavy (non-hydrogen) atoms. The molecule has 0 aromatic carbocycles. The molecular formula is C48H89NO3. The molecule has 0 aromatic heterocycles. The molecule has 2 unspecified atom stereocenters. The van der Waals surface area contributed by atoms with Crippen LogP contribution in [0.3, 0.4) is 0 Å². The van der Waals surface area contributed by atoms with E-state index in [1.807, 2.05) is 0 Å². The topological polar surface area (TPSA) is 69.6 Å².